The summed E-state index contributed by atoms with van der Waals surface area (Å²) in [6.45, 7) is 1.59. The van der Waals surface area contributed by atoms with Crippen LogP contribution in [-0.4, -0.2) is 25.0 Å². The van der Waals surface area contributed by atoms with Gasteiger partial charge in [-0.05, 0) is 36.5 Å². The van der Waals surface area contributed by atoms with E-state index in [0.717, 1.165) is 6.07 Å². The van der Waals surface area contributed by atoms with Crippen molar-refractivity contribution in [2.75, 3.05) is 5.32 Å². The Bertz CT molecular complexity index is 1000. The first-order valence-corrected chi connectivity index (χ1v) is 8.50. The van der Waals surface area contributed by atoms with Crippen LogP contribution in [0.2, 0.25) is 0 Å². The normalized spacial score (nSPS) is 11.6. The Morgan fingerprint density at radius 2 is 1.85 bits per heavy atom. The fraction of sp³-hybridized carbons (Fsp3) is 0.235. The third-order valence-corrected chi connectivity index (χ3v) is 4.20. The Morgan fingerprint density at radius 1 is 1.19 bits per heavy atom. The average molecular weight is 395 g/mol. The van der Waals surface area contributed by atoms with Gasteiger partial charge in [0.1, 0.15) is 6.54 Å². The van der Waals surface area contributed by atoms with E-state index in [1.54, 1.807) is 21.7 Å². The number of hydrogen-bond acceptors (Lipinski definition) is 3. The van der Waals surface area contributed by atoms with Crippen LogP contribution in [0.3, 0.4) is 0 Å². The Kier molecular flexibility index (Phi) is 5.17. The van der Waals surface area contributed by atoms with Gasteiger partial charge in [0.05, 0.1) is 11.3 Å². The molecule has 3 aromatic rings. The Balaban J connectivity index is 1.85. The van der Waals surface area contributed by atoms with Crippen LogP contribution in [0.25, 0.3) is 0 Å². The van der Waals surface area contributed by atoms with Gasteiger partial charge < -0.3 is 5.32 Å². The number of aryl methyl sites for hydroxylation is 1. The van der Waals surface area contributed by atoms with E-state index < -0.39 is 17.6 Å². The average Bonchev–Trinajstić information content (AvgIpc) is 3.22. The van der Waals surface area contributed by atoms with E-state index in [0.29, 0.717) is 12.2 Å². The van der Waals surface area contributed by atoms with Crippen molar-refractivity contribution in [2.24, 2.45) is 0 Å². The Labute approximate surface area is 157 Å². The fourth-order valence-electron chi connectivity index (χ4n) is 2.62. The van der Waals surface area contributed by atoms with Crippen molar-refractivity contribution in [2.45, 2.75) is 26.1 Å². The molecule has 0 fully saturated rings. The largest absolute Gasteiger partial charge is 0.418 e. The fourth-order valence-corrected chi connectivity index (χ4v) is 2.93. The molecule has 27 heavy (non-hydrogen) atoms. The molecule has 0 unspecified atom stereocenters. The zero-order valence-corrected chi connectivity index (χ0v) is 15.1. The molecule has 0 saturated carbocycles. The number of nitrogens with zero attached hydrogens (tertiary/aromatic N) is 4. The number of benzene rings is 1. The summed E-state index contributed by atoms with van der Waals surface area (Å²) in [7, 11) is 0. The summed E-state index contributed by atoms with van der Waals surface area (Å²) in [5.74, 6) is -0.0256. The molecule has 0 saturated heterocycles. The van der Waals surface area contributed by atoms with Crippen LogP contribution in [0, 0.1) is 4.77 Å². The first-order chi connectivity index (χ1) is 12.8. The summed E-state index contributed by atoms with van der Waals surface area (Å²) < 4.78 is 44.1. The van der Waals surface area contributed by atoms with Gasteiger partial charge in [-0.3, -0.25) is 9.47 Å². The molecule has 1 N–H and O–H groups in total. The smallest absolute Gasteiger partial charge is 0.324 e. The summed E-state index contributed by atoms with van der Waals surface area (Å²) >= 11 is 5.38. The Hall–Kier alpha value is -2.88. The van der Waals surface area contributed by atoms with Crippen LogP contribution >= 0.6 is 12.2 Å². The van der Waals surface area contributed by atoms with Gasteiger partial charge in [0.15, 0.2) is 5.82 Å². The molecule has 0 aliphatic heterocycles. The van der Waals surface area contributed by atoms with Gasteiger partial charge in [0, 0.05) is 18.8 Å². The number of halogens is 3. The number of rotatable bonds is 5. The standard InChI is InChI=1S/C17H16F3N5OS/c1-2-14-22-24(16(27)25(14)23-9-5-6-10-23)11-15(26)21-13-8-4-3-7-12(13)17(18,19)20/h3-10H,2,11H2,1H3,(H,21,26). The Morgan fingerprint density at radius 3 is 2.48 bits per heavy atom. The van der Waals surface area contributed by atoms with E-state index in [4.69, 9.17) is 12.2 Å². The summed E-state index contributed by atoms with van der Waals surface area (Å²) in [6.07, 6.45) is -0.444. The predicted molar refractivity (Wildman–Crippen MR) is 95.7 cm³/mol. The van der Waals surface area contributed by atoms with Gasteiger partial charge in [0.25, 0.3) is 0 Å². The molecule has 10 heteroatoms. The predicted octanol–water partition coefficient (Wildman–Crippen LogP) is 3.75. The van der Waals surface area contributed by atoms with Gasteiger partial charge in [-0.15, -0.1) is 0 Å². The number of alkyl halides is 3. The highest BCUT2D eigenvalue weighted by Crippen LogP contribution is 2.34. The number of nitrogens with one attached hydrogen (secondary N) is 1. The molecule has 6 nitrogen and oxygen atoms in total. The first-order valence-electron chi connectivity index (χ1n) is 8.09. The molecule has 0 atom stereocenters. The highest BCUT2D eigenvalue weighted by Gasteiger charge is 2.33. The SMILES string of the molecule is CCc1nn(CC(=O)Nc2ccccc2C(F)(F)F)c(=S)n1-n1cccc1. The number of carbonyl (C=O) groups excluding carboxylic acids is 1. The molecule has 1 amide bonds. The molecule has 0 aliphatic carbocycles. The van der Waals surface area contributed by atoms with Crippen molar-refractivity contribution in [1.29, 1.82) is 0 Å². The minimum atomic E-state index is -4.56. The van der Waals surface area contributed by atoms with E-state index in [9.17, 15) is 18.0 Å². The van der Waals surface area contributed by atoms with Crippen LogP contribution in [0.1, 0.15) is 18.3 Å². The lowest BCUT2D eigenvalue weighted by molar-refractivity contribution is -0.137. The van der Waals surface area contributed by atoms with Crippen LogP contribution in [0.4, 0.5) is 18.9 Å². The van der Waals surface area contributed by atoms with Crippen LogP contribution in [-0.2, 0) is 23.9 Å². The lowest BCUT2D eigenvalue weighted by Crippen LogP contribution is -2.22. The first kappa shape index (κ1) is 18.9. The van der Waals surface area contributed by atoms with Crippen LogP contribution in [0.5, 0.6) is 0 Å². The minimum absolute atomic E-state index is 0.266. The maximum Gasteiger partial charge on any atom is 0.418 e. The van der Waals surface area contributed by atoms with Gasteiger partial charge in [-0.2, -0.15) is 18.3 Å². The summed E-state index contributed by atoms with van der Waals surface area (Å²) in [5.41, 5.74) is -1.21. The van der Waals surface area contributed by atoms with E-state index >= 15 is 0 Å². The number of para-hydroxylation sites is 1. The van der Waals surface area contributed by atoms with Crippen molar-refractivity contribution in [3.63, 3.8) is 0 Å². The summed E-state index contributed by atoms with van der Waals surface area (Å²) in [4.78, 5) is 12.3. The number of aromatic nitrogens is 4. The van der Waals surface area contributed by atoms with Crippen molar-refractivity contribution >= 4 is 23.8 Å². The van der Waals surface area contributed by atoms with Gasteiger partial charge in [-0.1, -0.05) is 19.1 Å². The monoisotopic (exact) mass is 395 g/mol. The number of anilines is 1. The van der Waals surface area contributed by atoms with E-state index in [-0.39, 0.29) is 17.0 Å². The second-order valence-corrected chi connectivity index (χ2v) is 6.04. The minimum Gasteiger partial charge on any atom is -0.324 e. The van der Waals surface area contributed by atoms with Crippen molar-refractivity contribution in [1.82, 2.24) is 19.1 Å². The van der Waals surface area contributed by atoms with Crippen molar-refractivity contribution in [3.05, 3.63) is 65.0 Å². The second-order valence-electron chi connectivity index (χ2n) is 5.68. The zero-order chi connectivity index (χ0) is 19.6. The molecule has 1 aromatic carbocycles. The molecule has 2 aromatic heterocycles. The molecular formula is C17H16F3N5OS. The zero-order valence-electron chi connectivity index (χ0n) is 14.3. The van der Waals surface area contributed by atoms with Gasteiger partial charge >= 0.3 is 6.18 Å². The maximum atomic E-state index is 13.1. The highest BCUT2D eigenvalue weighted by molar-refractivity contribution is 7.71. The lowest BCUT2D eigenvalue weighted by atomic mass is 10.1. The molecule has 0 spiro atoms. The van der Waals surface area contributed by atoms with E-state index in [1.807, 2.05) is 19.1 Å². The van der Waals surface area contributed by atoms with E-state index in [2.05, 4.69) is 10.4 Å². The number of hydrogen-bond donors (Lipinski definition) is 1. The third kappa shape index (κ3) is 3.95. The topological polar surface area (TPSA) is 56.8 Å². The van der Waals surface area contributed by atoms with Gasteiger partial charge in [0.2, 0.25) is 10.7 Å². The second kappa shape index (κ2) is 7.39. The lowest BCUT2D eigenvalue weighted by Gasteiger charge is -2.13. The molecule has 3 rings (SSSR count). The number of carbonyl (C=O) groups is 1. The highest BCUT2D eigenvalue weighted by atomic mass is 32.1. The molecule has 142 valence electrons. The third-order valence-electron chi connectivity index (χ3n) is 3.82. The summed E-state index contributed by atoms with van der Waals surface area (Å²) in [6, 6.07) is 8.44. The molecule has 0 radical (unpaired) electrons. The van der Waals surface area contributed by atoms with Crippen LogP contribution in [0.15, 0.2) is 48.8 Å². The number of amides is 1. The quantitative estimate of drug-likeness (QED) is 0.670. The van der Waals surface area contributed by atoms with Crippen LogP contribution < -0.4 is 5.32 Å². The van der Waals surface area contributed by atoms with Crippen molar-refractivity contribution < 1.29 is 18.0 Å². The van der Waals surface area contributed by atoms with Crippen molar-refractivity contribution in [3.8, 4) is 0 Å². The maximum absolute atomic E-state index is 13.1. The molecular weight excluding hydrogens is 379 g/mol. The molecule has 2 heterocycles. The van der Waals surface area contributed by atoms with Gasteiger partial charge in [-0.25, -0.2) is 9.36 Å². The molecule has 0 aliphatic rings. The van der Waals surface area contributed by atoms with E-state index in [1.165, 1.54) is 22.9 Å². The summed E-state index contributed by atoms with van der Waals surface area (Å²) in [5, 5.41) is 6.60. The molecule has 0 bridgehead atoms.